The van der Waals surface area contributed by atoms with Gasteiger partial charge in [0.2, 0.25) is 5.96 Å². The number of aliphatic imine (C=N–C) groups is 2. The van der Waals surface area contributed by atoms with Gasteiger partial charge in [-0.15, -0.1) is 0 Å². The molecule has 0 spiro atoms. The first kappa shape index (κ1) is 28.1. The summed E-state index contributed by atoms with van der Waals surface area (Å²) in [7, 11) is -4.91. The van der Waals surface area contributed by atoms with E-state index in [9.17, 15) is 39.6 Å². The van der Waals surface area contributed by atoms with Gasteiger partial charge in [0.25, 0.3) is 5.91 Å². The topological polar surface area (TPSA) is 119 Å². The lowest BCUT2D eigenvalue weighted by Gasteiger charge is -2.29. The van der Waals surface area contributed by atoms with Crippen LogP contribution in [0.15, 0.2) is 34.5 Å². The van der Waals surface area contributed by atoms with Crippen LogP contribution in [-0.4, -0.2) is 65.8 Å². The van der Waals surface area contributed by atoms with Gasteiger partial charge in [0.1, 0.15) is 12.1 Å². The number of carbonyl (C=O) groups excluding carboxylic acids is 1. The fourth-order valence-electron chi connectivity index (χ4n) is 3.33. The average molecular weight is 554 g/mol. The highest BCUT2D eigenvalue weighted by Gasteiger charge is 2.49. The number of nitrogens with zero attached hydrogens (tertiary/aromatic N) is 6. The van der Waals surface area contributed by atoms with E-state index < -0.39 is 50.6 Å². The number of hydrogen-bond acceptors (Lipinski definition) is 7. The maximum Gasteiger partial charge on any atom is 0.534 e. The van der Waals surface area contributed by atoms with Gasteiger partial charge in [0.15, 0.2) is 5.82 Å². The SMILES string of the molecule is C=NC(=NC)n1ncnc1C(C)N(CC1CC1)C(=O)c1cc(OS(=O)(=O)C(F)(F)F)cc(C(F)(F)F)c1. The molecule has 17 heteroatoms. The third kappa shape index (κ3) is 6.26. The first-order valence-corrected chi connectivity index (χ1v) is 11.9. The van der Waals surface area contributed by atoms with Gasteiger partial charge >= 0.3 is 21.8 Å². The molecule has 1 fully saturated rings. The molecule has 1 aromatic carbocycles. The minimum absolute atomic E-state index is 0.0188. The molecular formula is C20H20F6N6O4S. The maximum absolute atomic E-state index is 13.5. The number of rotatable bonds is 7. The van der Waals surface area contributed by atoms with Crippen molar-refractivity contribution in [1.82, 2.24) is 19.7 Å². The number of benzene rings is 1. The molecule has 0 aliphatic heterocycles. The Hall–Kier alpha value is -3.50. The Kier molecular flexibility index (Phi) is 7.67. The van der Waals surface area contributed by atoms with Gasteiger partial charge < -0.3 is 9.08 Å². The number of aromatic nitrogens is 3. The van der Waals surface area contributed by atoms with Crippen molar-refractivity contribution >= 4 is 28.7 Å². The average Bonchev–Trinajstić information content (AvgIpc) is 3.49. The molecule has 2 aromatic rings. The number of hydrogen-bond donors (Lipinski definition) is 0. The van der Waals surface area contributed by atoms with Crippen molar-refractivity contribution in [1.29, 1.82) is 0 Å². The molecule has 10 nitrogen and oxygen atoms in total. The third-order valence-corrected chi connectivity index (χ3v) is 6.31. The molecule has 1 unspecified atom stereocenters. The van der Waals surface area contributed by atoms with E-state index in [1.54, 1.807) is 0 Å². The molecular weight excluding hydrogens is 534 g/mol. The van der Waals surface area contributed by atoms with Crippen molar-refractivity contribution in [3.63, 3.8) is 0 Å². The van der Waals surface area contributed by atoms with Crippen LogP contribution in [0.1, 0.15) is 47.6 Å². The lowest BCUT2D eigenvalue weighted by Crippen LogP contribution is -2.37. The summed E-state index contributed by atoms with van der Waals surface area (Å²) in [5.74, 6) is -2.19. The molecule has 202 valence electrons. The predicted octanol–water partition coefficient (Wildman–Crippen LogP) is 3.67. The molecule has 1 amide bonds. The van der Waals surface area contributed by atoms with Crippen molar-refractivity contribution in [2.24, 2.45) is 15.9 Å². The standard InChI is InChI=1S/C20H20F6N6O4S/c1-11(16-29-10-30-32(16)18(27-2)28-3)31(9-12-4-5-12)17(33)13-6-14(19(21,22)23)8-15(7-13)36-37(34,35)20(24,25)26/h6-8,10-12H,2,4-5,9H2,1,3H3. The molecule has 1 aliphatic carbocycles. The van der Waals surface area contributed by atoms with Crippen LogP contribution < -0.4 is 4.18 Å². The van der Waals surface area contributed by atoms with Gasteiger partial charge in [0, 0.05) is 19.2 Å². The van der Waals surface area contributed by atoms with E-state index in [2.05, 4.69) is 31.0 Å². The highest BCUT2D eigenvalue weighted by atomic mass is 32.2. The first-order chi connectivity index (χ1) is 17.1. The monoisotopic (exact) mass is 554 g/mol. The molecule has 1 saturated carbocycles. The largest absolute Gasteiger partial charge is 0.534 e. The van der Waals surface area contributed by atoms with Crippen molar-refractivity contribution in [2.75, 3.05) is 13.6 Å². The molecule has 1 heterocycles. The van der Waals surface area contributed by atoms with Crippen LogP contribution in [0.25, 0.3) is 0 Å². The summed E-state index contributed by atoms with van der Waals surface area (Å²) in [5.41, 5.74) is -8.23. The Morgan fingerprint density at radius 3 is 2.41 bits per heavy atom. The molecule has 1 aliphatic rings. The molecule has 0 saturated heterocycles. The van der Waals surface area contributed by atoms with Crippen LogP contribution in [0.2, 0.25) is 0 Å². The van der Waals surface area contributed by atoms with Gasteiger partial charge in [-0.2, -0.15) is 44.5 Å². The quantitative estimate of drug-likeness (QED) is 0.169. The van der Waals surface area contributed by atoms with Crippen LogP contribution in [0.4, 0.5) is 26.3 Å². The molecule has 37 heavy (non-hydrogen) atoms. The number of amides is 1. The first-order valence-electron chi connectivity index (χ1n) is 10.5. The lowest BCUT2D eigenvalue weighted by molar-refractivity contribution is -0.137. The summed E-state index contributed by atoms with van der Waals surface area (Å²) in [5, 5.41) is 3.97. The van der Waals surface area contributed by atoms with Gasteiger partial charge in [-0.3, -0.25) is 9.79 Å². The van der Waals surface area contributed by atoms with E-state index >= 15 is 0 Å². The van der Waals surface area contributed by atoms with Crippen LogP contribution >= 0.6 is 0 Å². The molecule has 1 atom stereocenters. The van der Waals surface area contributed by atoms with Crippen LogP contribution in [-0.2, 0) is 16.3 Å². The molecule has 0 radical (unpaired) electrons. The zero-order valence-corrected chi connectivity index (χ0v) is 20.1. The Morgan fingerprint density at radius 2 is 1.89 bits per heavy atom. The van der Waals surface area contributed by atoms with E-state index in [0.29, 0.717) is 12.1 Å². The van der Waals surface area contributed by atoms with E-state index in [1.165, 1.54) is 18.7 Å². The maximum atomic E-state index is 13.5. The minimum Gasteiger partial charge on any atom is -0.376 e. The molecule has 1 aromatic heterocycles. The highest BCUT2D eigenvalue weighted by Crippen LogP contribution is 2.37. The fraction of sp³-hybridized carbons (Fsp3) is 0.450. The van der Waals surface area contributed by atoms with Crippen molar-refractivity contribution in [3.8, 4) is 5.75 Å². The second-order valence-corrected chi connectivity index (χ2v) is 9.55. The zero-order chi connectivity index (χ0) is 27.8. The number of alkyl halides is 6. The summed E-state index contributed by atoms with van der Waals surface area (Å²) in [6, 6.07) is 0.0387. The molecule has 0 N–H and O–H groups in total. The van der Waals surface area contributed by atoms with E-state index in [4.69, 9.17) is 0 Å². The minimum atomic E-state index is -6.30. The highest BCUT2D eigenvalue weighted by molar-refractivity contribution is 7.88. The fourth-order valence-corrected chi connectivity index (χ4v) is 3.77. The van der Waals surface area contributed by atoms with Gasteiger partial charge in [-0.25, -0.2) is 9.98 Å². The Labute approximate surface area is 206 Å². The normalized spacial score (nSPS) is 15.8. The van der Waals surface area contributed by atoms with Crippen LogP contribution in [0.3, 0.4) is 0 Å². The smallest absolute Gasteiger partial charge is 0.376 e. The summed E-state index contributed by atoms with van der Waals surface area (Å²) in [6.45, 7) is 4.94. The molecule has 3 rings (SSSR count). The summed E-state index contributed by atoms with van der Waals surface area (Å²) >= 11 is 0. The summed E-state index contributed by atoms with van der Waals surface area (Å²) in [6.07, 6.45) is -2.52. The summed E-state index contributed by atoms with van der Waals surface area (Å²) in [4.78, 5) is 26.3. The van der Waals surface area contributed by atoms with Crippen LogP contribution in [0, 0.1) is 5.92 Å². The van der Waals surface area contributed by atoms with Crippen molar-refractivity contribution in [3.05, 3.63) is 41.5 Å². The van der Waals surface area contributed by atoms with Crippen LogP contribution in [0.5, 0.6) is 5.75 Å². The Balaban J connectivity index is 2.08. The van der Waals surface area contributed by atoms with Crippen molar-refractivity contribution in [2.45, 2.75) is 37.5 Å². The predicted molar refractivity (Wildman–Crippen MR) is 118 cm³/mol. The Bertz CT molecular complexity index is 1320. The zero-order valence-electron chi connectivity index (χ0n) is 19.3. The number of carbonyl (C=O) groups is 1. The lowest BCUT2D eigenvalue weighted by atomic mass is 10.1. The summed E-state index contributed by atoms with van der Waals surface area (Å²) < 4.78 is 107. The Morgan fingerprint density at radius 1 is 1.24 bits per heavy atom. The third-order valence-electron chi connectivity index (χ3n) is 5.33. The van der Waals surface area contributed by atoms with Gasteiger partial charge in [-0.1, -0.05) is 0 Å². The van der Waals surface area contributed by atoms with E-state index in [0.717, 1.165) is 24.1 Å². The molecule has 0 bridgehead atoms. The number of halogens is 6. The van der Waals surface area contributed by atoms with Gasteiger partial charge in [-0.05, 0) is 50.6 Å². The van der Waals surface area contributed by atoms with Crippen molar-refractivity contribution < 1.29 is 43.7 Å². The second-order valence-electron chi connectivity index (χ2n) is 8.02. The van der Waals surface area contributed by atoms with Gasteiger partial charge in [0.05, 0.1) is 11.6 Å². The van der Waals surface area contributed by atoms with E-state index in [1.807, 2.05) is 0 Å². The second kappa shape index (κ2) is 10.1. The van der Waals surface area contributed by atoms with E-state index in [-0.39, 0.29) is 30.3 Å².